The number of carbonyl (C=O) groups is 2. The van der Waals surface area contributed by atoms with Crippen LogP contribution in [0.25, 0.3) is 11.1 Å². The molecule has 0 aliphatic heterocycles. The van der Waals surface area contributed by atoms with Crippen molar-refractivity contribution in [3.63, 3.8) is 0 Å². The number of halogens is 6. The van der Waals surface area contributed by atoms with E-state index < -0.39 is 68.3 Å². The predicted octanol–water partition coefficient (Wildman–Crippen LogP) is 2.46. The van der Waals surface area contributed by atoms with Gasteiger partial charge < -0.3 is 10.2 Å². The van der Waals surface area contributed by atoms with Crippen molar-refractivity contribution in [2.24, 2.45) is 5.41 Å². The first kappa shape index (κ1) is 20.3. The number of carboxylic acid groups (broad SMARTS) is 2. The number of allylic oxidation sites excluding steroid dienone is 2. The van der Waals surface area contributed by atoms with Gasteiger partial charge in [-0.3, -0.25) is 9.59 Å². The molecule has 0 spiro atoms. The zero-order valence-electron chi connectivity index (χ0n) is 13.6. The number of hydrogen-bond donors (Lipinski definition) is 2. The SMILES string of the molecule is CC(C)=c1c(F)c(F)c(F)c(F)c1=C1C=CC(C(=O)O)(C(=O)O)C(F)=C1F. The van der Waals surface area contributed by atoms with Crippen molar-refractivity contribution in [3.8, 4) is 0 Å². The molecule has 0 bridgehead atoms. The molecule has 0 unspecified atom stereocenters. The van der Waals surface area contributed by atoms with Gasteiger partial charge in [0.25, 0.3) is 0 Å². The van der Waals surface area contributed by atoms with E-state index in [0.717, 1.165) is 13.8 Å². The average molecular weight is 392 g/mol. The monoisotopic (exact) mass is 392 g/mol. The van der Waals surface area contributed by atoms with E-state index >= 15 is 0 Å². The van der Waals surface area contributed by atoms with Crippen LogP contribution in [-0.2, 0) is 9.59 Å². The second-order valence-electron chi connectivity index (χ2n) is 5.80. The maximum Gasteiger partial charge on any atom is 0.332 e. The van der Waals surface area contributed by atoms with E-state index in [2.05, 4.69) is 0 Å². The largest absolute Gasteiger partial charge is 0.480 e. The minimum absolute atomic E-state index is 0.136. The van der Waals surface area contributed by atoms with Crippen LogP contribution in [0, 0.1) is 28.7 Å². The first-order valence-electron chi connectivity index (χ1n) is 7.15. The summed E-state index contributed by atoms with van der Waals surface area (Å²) in [6.45, 7) is 2.31. The molecule has 1 aliphatic rings. The number of hydrogen-bond acceptors (Lipinski definition) is 2. The van der Waals surface area contributed by atoms with Crippen molar-refractivity contribution >= 4 is 23.1 Å². The minimum Gasteiger partial charge on any atom is -0.480 e. The quantitative estimate of drug-likeness (QED) is 0.351. The molecule has 0 fully saturated rings. The van der Waals surface area contributed by atoms with Gasteiger partial charge in [0.1, 0.15) is 0 Å². The maximum absolute atomic E-state index is 14.5. The highest BCUT2D eigenvalue weighted by atomic mass is 19.2. The van der Waals surface area contributed by atoms with Crippen LogP contribution >= 0.6 is 0 Å². The van der Waals surface area contributed by atoms with Gasteiger partial charge in [-0.05, 0) is 19.9 Å². The molecule has 0 atom stereocenters. The van der Waals surface area contributed by atoms with E-state index in [1.54, 1.807) is 0 Å². The van der Waals surface area contributed by atoms with Crippen molar-refractivity contribution < 1.29 is 46.1 Å². The fourth-order valence-electron chi connectivity index (χ4n) is 2.61. The first-order valence-corrected chi connectivity index (χ1v) is 7.15. The Hall–Kier alpha value is -3.04. The molecule has 10 heteroatoms. The lowest BCUT2D eigenvalue weighted by Gasteiger charge is -2.23. The Kier molecular flexibility index (Phi) is 4.96. The number of rotatable bonds is 2. The Labute approximate surface area is 147 Å². The highest BCUT2D eigenvalue weighted by Gasteiger charge is 2.53. The van der Waals surface area contributed by atoms with Crippen LogP contribution in [-0.4, -0.2) is 22.2 Å². The highest BCUT2D eigenvalue weighted by Crippen LogP contribution is 2.41. The number of carboxylic acids is 2. The third-order valence-electron chi connectivity index (χ3n) is 3.99. The summed E-state index contributed by atoms with van der Waals surface area (Å²) in [7, 11) is 0. The van der Waals surface area contributed by atoms with Gasteiger partial charge >= 0.3 is 11.9 Å². The van der Waals surface area contributed by atoms with E-state index in [4.69, 9.17) is 10.2 Å². The van der Waals surface area contributed by atoms with Gasteiger partial charge in [-0.25, -0.2) is 26.3 Å². The van der Waals surface area contributed by atoms with Gasteiger partial charge in [0, 0.05) is 16.0 Å². The Morgan fingerprint density at radius 3 is 1.78 bits per heavy atom. The van der Waals surface area contributed by atoms with Crippen molar-refractivity contribution in [2.45, 2.75) is 13.8 Å². The molecule has 1 aromatic carbocycles. The standard InChI is InChI=1S/C17H10F6O4/c1-5(2)7-8(11(20)13(22)12(21)10(7)19)6-3-4-17(15(24)25,16(26)27)14(23)9(6)18/h3-4H,1-2H3,(H,24,25)(H,26,27). The van der Waals surface area contributed by atoms with Gasteiger partial charge in [0.05, 0.1) is 0 Å². The van der Waals surface area contributed by atoms with Crippen LogP contribution < -0.4 is 10.4 Å². The highest BCUT2D eigenvalue weighted by molar-refractivity contribution is 6.05. The van der Waals surface area contributed by atoms with Crippen LogP contribution in [0.4, 0.5) is 26.3 Å². The van der Waals surface area contributed by atoms with E-state index in [0.29, 0.717) is 6.08 Å². The molecule has 4 nitrogen and oxygen atoms in total. The fourth-order valence-corrected chi connectivity index (χ4v) is 2.61. The van der Waals surface area contributed by atoms with Gasteiger partial charge in [0.15, 0.2) is 34.9 Å². The molecule has 144 valence electrons. The molecule has 27 heavy (non-hydrogen) atoms. The summed E-state index contributed by atoms with van der Waals surface area (Å²) < 4.78 is 84.3. The molecule has 1 aromatic rings. The minimum atomic E-state index is -3.44. The summed E-state index contributed by atoms with van der Waals surface area (Å²) in [5.74, 6) is -17.4. The molecular formula is C17H10F6O4. The summed E-state index contributed by atoms with van der Waals surface area (Å²) in [5.41, 5.74) is -4.74. The Bertz CT molecular complexity index is 1050. The first-order chi connectivity index (χ1) is 12.4. The van der Waals surface area contributed by atoms with E-state index in [9.17, 15) is 35.9 Å². The lowest BCUT2D eigenvalue weighted by Crippen LogP contribution is -2.42. The zero-order chi connectivity index (χ0) is 20.8. The molecule has 2 rings (SSSR count). The maximum atomic E-state index is 14.5. The Morgan fingerprint density at radius 2 is 1.33 bits per heavy atom. The molecule has 0 radical (unpaired) electrons. The molecule has 0 aromatic heterocycles. The van der Waals surface area contributed by atoms with Crippen LogP contribution in [0.1, 0.15) is 13.8 Å². The van der Waals surface area contributed by atoms with Gasteiger partial charge in [-0.15, -0.1) is 0 Å². The van der Waals surface area contributed by atoms with Gasteiger partial charge in [-0.2, -0.15) is 0 Å². The molecule has 0 heterocycles. The summed E-state index contributed by atoms with van der Waals surface area (Å²) in [4.78, 5) is 22.4. The zero-order valence-corrected chi connectivity index (χ0v) is 13.6. The normalized spacial score (nSPS) is 17.9. The summed E-state index contributed by atoms with van der Waals surface area (Å²) in [6.07, 6.45) is 0.557. The summed E-state index contributed by atoms with van der Waals surface area (Å²) >= 11 is 0. The Morgan fingerprint density at radius 1 is 0.852 bits per heavy atom. The molecule has 0 amide bonds. The van der Waals surface area contributed by atoms with Gasteiger partial charge in [-0.1, -0.05) is 11.6 Å². The van der Waals surface area contributed by atoms with Gasteiger partial charge in [0.2, 0.25) is 5.41 Å². The van der Waals surface area contributed by atoms with Crippen LogP contribution in [0.15, 0.2) is 23.8 Å². The molecule has 2 N–H and O–H groups in total. The smallest absolute Gasteiger partial charge is 0.332 e. The third-order valence-corrected chi connectivity index (χ3v) is 3.99. The van der Waals surface area contributed by atoms with Crippen molar-refractivity contribution in [2.75, 3.05) is 0 Å². The lowest BCUT2D eigenvalue weighted by molar-refractivity contribution is -0.159. The van der Waals surface area contributed by atoms with Crippen LogP contribution in [0.3, 0.4) is 0 Å². The second-order valence-corrected chi connectivity index (χ2v) is 5.80. The molecule has 0 saturated carbocycles. The van der Waals surface area contributed by atoms with E-state index in [1.165, 1.54) is 0 Å². The molecular weight excluding hydrogens is 382 g/mol. The average Bonchev–Trinajstić information content (AvgIpc) is 2.58. The molecule has 0 saturated heterocycles. The molecule has 1 aliphatic carbocycles. The van der Waals surface area contributed by atoms with Crippen LogP contribution in [0.2, 0.25) is 0 Å². The van der Waals surface area contributed by atoms with E-state index in [-0.39, 0.29) is 11.6 Å². The van der Waals surface area contributed by atoms with Crippen LogP contribution in [0.5, 0.6) is 0 Å². The third kappa shape index (κ3) is 2.71. The summed E-state index contributed by atoms with van der Waals surface area (Å²) in [5, 5.41) is 15.9. The Balaban J connectivity index is 3.15. The second kappa shape index (κ2) is 6.60. The predicted molar refractivity (Wildman–Crippen MR) is 79.8 cm³/mol. The fraction of sp³-hybridized carbons (Fsp3) is 0.176. The lowest BCUT2D eigenvalue weighted by atomic mass is 9.80. The van der Waals surface area contributed by atoms with E-state index in [1.807, 2.05) is 0 Å². The number of benzene rings is 1. The topological polar surface area (TPSA) is 74.6 Å². The van der Waals surface area contributed by atoms with Crippen molar-refractivity contribution in [1.82, 2.24) is 0 Å². The summed E-state index contributed by atoms with van der Waals surface area (Å²) in [6, 6.07) is 0. The van der Waals surface area contributed by atoms with Crippen molar-refractivity contribution in [3.05, 3.63) is 57.5 Å². The van der Waals surface area contributed by atoms with Crippen molar-refractivity contribution in [1.29, 1.82) is 0 Å². The number of aliphatic carboxylic acids is 2.